The standard InChI is InChI=1S/C13H18F3NO/c1-3-12(2,9-18)8-17-11-6-4-10(5-7-11)13(14,15)16/h4-7,17-18H,3,8-9H2,1-2H3. The van der Waals surface area contributed by atoms with Gasteiger partial charge in [0.1, 0.15) is 0 Å². The van der Waals surface area contributed by atoms with Crippen molar-refractivity contribution >= 4 is 5.69 Å². The van der Waals surface area contributed by atoms with Crippen molar-refractivity contribution in [1.29, 1.82) is 0 Å². The molecule has 2 N–H and O–H groups in total. The minimum absolute atomic E-state index is 0.0388. The summed E-state index contributed by atoms with van der Waals surface area (Å²) < 4.78 is 37.1. The van der Waals surface area contributed by atoms with Crippen LogP contribution in [0.3, 0.4) is 0 Å². The van der Waals surface area contributed by atoms with Gasteiger partial charge in [0.25, 0.3) is 0 Å². The van der Waals surface area contributed by atoms with Crippen molar-refractivity contribution in [3.05, 3.63) is 29.8 Å². The maximum Gasteiger partial charge on any atom is 0.416 e. The van der Waals surface area contributed by atoms with Crippen LogP contribution in [-0.2, 0) is 6.18 Å². The normalized spacial score (nSPS) is 15.2. The molecule has 0 amide bonds. The fourth-order valence-electron chi connectivity index (χ4n) is 1.39. The second kappa shape index (κ2) is 5.61. The fourth-order valence-corrected chi connectivity index (χ4v) is 1.39. The van der Waals surface area contributed by atoms with Crippen LogP contribution < -0.4 is 5.32 Å². The molecule has 0 spiro atoms. The molecule has 0 aromatic heterocycles. The van der Waals surface area contributed by atoms with E-state index in [4.69, 9.17) is 0 Å². The molecule has 1 rings (SSSR count). The van der Waals surface area contributed by atoms with Gasteiger partial charge in [-0.05, 0) is 30.7 Å². The fraction of sp³-hybridized carbons (Fsp3) is 0.538. The van der Waals surface area contributed by atoms with Crippen LogP contribution in [0.1, 0.15) is 25.8 Å². The first kappa shape index (κ1) is 14.8. The first-order valence-corrected chi connectivity index (χ1v) is 5.83. The van der Waals surface area contributed by atoms with Crippen LogP contribution in [0.25, 0.3) is 0 Å². The largest absolute Gasteiger partial charge is 0.416 e. The molecule has 0 saturated carbocycles. The summed E-state index contributed by atoms with van der Waals surface area (Å²) in [5.74, 6) is 0. The van der Waals surface area contributed by atoms with Crippen LogP contribution >= 0.6 is 0 Å². The summed E-state index contributed by atoms with van der Waals surface area (Å²) in [6, 6.07) is 4.89. The van der Waals surface area contributed by atoms with Crippen LogP contribution in [0.4, 0.5) is 18.9 Å². The Morgan fingerprint density at radius 3 is 2.11 bits per heavy atom. The first-order chi connectivity index (χ1) is 8.30. The van der Waals surface area contributed by atoms with Crippen LogP contribution in [0.2, 0.25) is 0 Å². The van der Waals surface area contributed by atoms with E-state index in [9.17, 15) is 18.3 Å². The first-order valence-electron chi connectivity index (χ1n) is 5.83. The molecule has 5 heteroatoms. The van der Waals surface area contributed by atoms with Crippen LogP contribution in [-0.4, -0.2) is 18.3 Å². The molecular formula is C13H18F3NO. The maximum absolute atomic E-state index is 12.4. The Balaban J connectivity index is 2.65. The summed E-state index contributed by atoms with van der Waals surface area (Å²) in [5, 5.41) is 12.3. The molecule has 0 aliphatic carbocycles. The van der Waals surface area contributed by atoms with Gasteiger partial charge in [0.05, 0.1) is 12.2 Å². The number of anilines is 1. The molecule has 0 bridgehead atoms. The van der Waals surface area contributed by atoms with Crippen LogP contribution in [0, 0.1) is 5.41 Å². The van der Waals surface area contributed by atoms with E-state index in [1.807, 2.05) is 13.8 Å². The van der Waals surface area contributed by atoms with E-state index in [1.165, 1.54) is 12.1 Å². The van der Waals surface area contributed by atoms with Gasteiger partial charge in [0.2, 0.25) is 0 Å². The number of aliphatic hydroxyl groups excluding tert-OH is 1. The average molecular weight is 261 g/mol. The number of benzene rings is 1. The molecule has 0 heterocycles. The van der Waals surface area contributed by atoms with Gasteiger partial charge in [-0.2, -0.15) is 13.2 Å². The zero-order chi connectivity index (χ0) is 13.8. The van der Waals surface area contributed by atoms with Gasteiger partial charge in [0, 0.05) is 17.6 Å². The molecule has 2 nitrogen and oxygen atoms in total. The van der Waals surface area contributed by atoms with E-state index >= 15 is 0 Å². The Bertz CT molecular complexity index is 369. The van der Waals surface area contributed by atoms with Crippen molar-refractivity contribution in [3.63, 3.8) is 0 Å². The highest BCUT2D eigenvalue weighted by Gasteiger charge is 2.30. The Labute approximate surface area is 105 Å². The summed E-state index contributed by atoms with van der Waals surface area (Å²) in [6.45, 7) is 4.44. The minimum Gasteiger partial charge on any atom is -0.396 e. The second-order valence-corrected chi connectivity index (χ2v) is 4.75. The average Bonchev–Trinajstić information content (AvgIpc) is 2.35. The van der Waals surface area contributed by atoms with Crippen molar-refractivity contribution in [2.75, 3.05) is 18.5 Å². The molecule has 0 aliphatic rings. The van der Waals surface area contributed by atoms with Gasteiger partial charge in [-0.3, -0.25) is 0 Å². The Hall–Kier alpha value is -1.23. The quantitative estimate of drug-likeness (QED) is 0.850. The highest BCUT2D eigenvalue weighted by molar-refractivity contribution is 5.45. The van der Waals surface area contributed by atoms with Gasteiger partial charge in [0.15, 0.2) is 0 Å². The van der Waals surface area contributed by atoms with Crippen LogP contribution in [0.15, 0.2) is 24.3 Å². The summed E-state index contributed by atoms with van der Waals surface area (Å²) in [6.07, 6.45) is -3.52. The van der Waals surface area contributed by atoms with Gasteiger partial charge in [-0.15, -0.1) is 0 Å². The van der Waals surface area contributed by atoms with E-state index in [0.29, 0.717) is 12.2 Å². The third-order valence-corrected chi connectivity index (χ3v) is 3.17. The second-order valence-electron chi connectivity index (χ2n) is 4.75. The van der Waals surface area contributed by atoms with Crippen molar-refractivity contribution in [3.8, 4) is 0 Å². The molecular weight excluding hydrogens is 243 g/mol. The number of hydrogen-bond donors (Lipinski definition) is 2. The Morgan fingerprint density at radius 1 is 1.17 bits per heavy atom. The van der Waals surface area contributed by atoms with Crippen molar-refractivity contribution in [2.45, 2.75) is 26.4 Å². The summed E-state index contributed by atoms with van der Waals surface area (Å²) in [4.78, 5) is 0. The highest BCUT2D eigenvalue weighted by Crippen LogP contribution is 2.30. The molecule has 1 aromatic carbocycles. The minimum atomic E-state index is -4.30. The monoisotopic (exact) mass is 261 g/mol. The topological polar surface area (TPSA) is 32.3 Å². The Kier molecular flexibility index (Phi) is 4.62. The number of rotatable bonds is 5. The predicted molar refractivity (Wildman–Crippen MR) is 65.4 cm³/mol. The van der Waals surface area contributed by atoms with E-state index in [2.05, 4.69) is 5.32 Å². The van der Waals surface area contributed by atoms with Gasteiger partial charge >= 0.3 is 6.18 Å². The molecule has 1 unspecified atom stereocenters. The summed E-state index contributed by atoms with van der Waals surface area (Å²) in [5.41, 5.74) is -0.299. The number of nitrogens with one attached hydrogen (secondary N) is 1. The third kappa shape index (κ3) is 3.91. The number of halogens is 3. The highest BCUT2D eigenvalue weighted by atomic mass is 19.4. The Morgan fingerprint density at radius 2 is 1.72 bits per heavy atom. The van der Waals surface area contributed by atoms with E-state index in [-0.39, 0.29) is 12.0 Å². The maximum atomic E-state index is 12.4. The van der Waals surface area contributed by atoms with Crippen molar-refractivity contribution in [1.82, 2.24) is 0 Å². The summed E-state index contributed by atoms with van der Waals surface area (Å²) in [7, 11) is 0. The number of alkyl halides is 3. The molecule has 18 heavy (non-hydrogen) atoms. The molecule has 0 saturated heterocycles. The molecule has 1 atom stereocenters. The van der Waals surface area contributed by atoms with Crippen molar-refractivity contribution < 1.29 is 18.3 Å². The van der Waals surface area contributed by atoms with E-state index in [1.54, 1.807) is 0 Å². The summed E-state index contributed by atoms with van der Waals surface area (Å²) >= 11 is 0. The lowest BCUT2D eigenvalue weighted by atomic mass is 9.88. The zero-order valence-electron chi connectivity index (χ0n) is 10.5. The molecule has 102 valence electrons. The lowest BCUT2D eigenvalue weighted by Gasteiger charge is -2.26. The lowest BCUT2D eigenvalue weighted by Crippen LogP contribution is -2.29. The van der Waals surface area contributed by atoms with Gasteiger partial charge in [-0.1, -0.05) is 13.8 Å². The smallest absolute Gasteiger partial charge is 0.396 e. The van der Waals surface area contributed by atoms with Gasteiger partial charge in [-0.25, -0.2) is 0 Å². The van der Waals surface area contributed by atoms with E-state index < -0.39 is 11.7 Å². The number of hydrogen-bond acceptors (Lipinski definition) is 2. The third-order valence-electron chi connectivity index (χ3n) is 3.17. The molecule has 1 aromatic rings. The zero-order valence-corrected chi connectivity index (χ0v) is 10.5. The van der Waals surface area contributed by atoms with Crippen molar-refractivity contribution in [2.24, 2.45) is 5.41 Å². The van der Waals surface area contributed by atoms with Crippen LogP contribution in [0.5, 0.6) is 0 Å². The van der Waals surface area contributed by atoms with Gasteiger partial charge < -0.3 is 10.4 Å². The molecule has 0 fully saturated rings. The number of aliphatic hydroxyl groups is 1. The molecule has 0 aliphatic heterocycles. The lowest BCUT2D eigenvalue weighted by molar-refractivity contribution is -0.137. The molecule has 0 radical (unpaired) electrons. The predicted octanol–water partition coefficient (Wildman–Crippen LogP) is 3.53. The van der Waals surface area contributed by atoms with E-state index in [0.717, 1.165) is 18.6 Å². The SMILES string of the molecule is CCC(C)(CO)CNc1ccc(C(F)(F)F)cc1.